The molecule has 0 aliphatic carbocycles. The van der Waals surface area contributed by atoms with Crippen molar-refractivity contribution in [3.05, 3.63) is 76.1 Å². The van der Waals surface area contributed by atoms with Crippen LogP contribution in [0.15, 0.2) is 48.7 Å². The van der Waals surface area contributed by atoms with Crippen LogP contribution < -0.4 is 0 Å². The molecule has 26 heavy (non-hydrogen) atoms. The number of esters is 1. The number of aromatic nitrogens is 1. The zero-order valence-electron chi connectivity index (χ0n) is 14.3. The molecule has 0 spiro atoms. The largest absolute Gasteiger partial charge is 0.462 e. The van der Waals surface area contributed by atoms with E-state index >= 15 is 0 Å². The Bertz CT molecular complexity index is 1040. The summed E-state index contributed by atoms with van der Waals surface area (Å²) in [6.45, 7) is 3.35. The number of nitrogens with zero attached hydrogens (tertiary/aromatic N) is 1. The van der Waals surface area contributed by atoms with Crippen molar-refractivity contribution in [3.63, 3.8) is 0 Å². The first-order chi connectivity index (χ1) is 12.4. The average Bonchev–Trinajstić information content (AvgIpc) is 3.00. The Morgan fingerprint density at radius 2 is 1.81 bits per heavy atom. The summed E-state index contributed by atoms with van der Waals surface area (Å²) < 4.78 is 6.66. The minimum Gasteiger partial charge on any atom is -0.462 e. The maximum absolute atomic E-state index is 13.0. The highest BCUT2D eigenvalue weighted by molar-refractivity contribution is 6.35. The number of carbonyl (C=O) groups is 3. The molecular weight excluding hydrogens is 354 g/mol. The molecule has 6 heteroatoms. The summed E-state index contributed by atoms with van der Waals surface area (Å²) in [6.07, 6.45) is 1.60. The predicted octanol–water partition coefficient (Wildman–Crippen LogP) is 4.20. The number of Topliss-reactive ketones (excluding diaryl/α,β-unsaturated/α-hetero) is 1. The van der Waals surface area contributed by atoms with Crippen molar-refractivity contribution in [3.8, 4) is 0 Å². The number of carbonyl (C=O) groups excluding carboxylic acids is 3. The van der Waals surface area contributed by atoms with Gasteiger partial charge in [-0.3, -0.25) is 9.59 Å². The van der Waals surface area contributed by atoms with Gasteiger partial charge < -0.3 is 9.14 Å². The second-order valence-corrected chi connectivity index (χ2v) is 6.11. The second kappa shape index (κ2) is 7.14. The number of hydrogen-bond acceptors (Lipinski definition) is 4. The van der Waals surface area contributed by atoms with Crippen LogP contribution in [0.1, 0.15) is 50.6 Å². The summed E-state index contributed by atoms with van der Waals surface area (Å²) in [5.41, 5.74) is 1.71. The summed E-state index contributed by atoms with van der Waals surface area (Å²) in [7, 11) is 0. The third-order valence-electron chi connectivity index (χ3n) is 4.02. The van der Waals surface area contributed by atoms with Crippen molar-refractivity contribution in [2.75, 3.05) is 6.61 Å². The molecule has 132 valence electrons. The van der Waals surface area contributed by atoms with Crippen LogP contribution in [0.4, 0.5) is 0 Å². The molecule has 0 N–H and O–H groups in total. The number of ketones is 2. The minimum atomic E-state index is -0.552. The van der Waals surface area contributed by atoms with Crippen molar-refractivity contribution in [1.29, 1.82) is 0 Å². The van der Waals surface area contributed by atoms with Crippen LogP contribution in [-0.2, 0) is 4.74 Å². The van der Waals surface area contributed by atoms with Gasteiger partial charge in [0.15, 0.2) is 5.78 Å². The summed E-state index contributed by atoms with van der Waals surface area (Å²) in [6, 6.07) is 11.4. The minimum absolute atomic E-state index is 0.137. The van der Waals surface area contributed by atoms with Crippen LogP contribution in [-0.4, -0.2) is 28.5 Å². The van der Waals surface area contributed by atoms with Crippen molar-refractivity contribution in [2.45, 2.75) is 13.8 Å². The highest BCUT2D eigenvalue weighted by Gasteiger charge is 2.23. The van der Waals surface area contributed by atoms with E-state index in [1.54, 1.807) is 53.9 Å². The van der Waals surface area contributed by atoms with Crippen molar-refractivity contribution < 1.29 is 19.1 Å². The lowest BCUT2D eigenvalue weighted by Gasteiger charge is -2.05. The van der Waals surface area contributed by atoms with Gasteiger partial charge in [-0.15, -0.1) is 0 Å². The standard InChI is InChI=1S/C20H16ClNO4/c1-3-26-20(25)15-11-18(19(24)14-6-4-5-7-16(14)21)22-9-8-13(12(2)23)10-17(15)22/h4-11H,3H2,1-2H3. The zero-order chi connectivity index (χ0) is 18.8. The Kier molecular flexibility index (Phi) is 4.91. The van der Waals surface area contributed by atoms with E-state index in [9.17, 15) is 14.4 Å². The van der Waals surface area contributed by atoms with Crippen LogP contribution in [0.2, 0.25) is 5.02 Å². The molecule has 0 saturated heterocycles. The van der Waals surface area contributed by atoms with Crippen LogP contribution in [0.25, 0.3) is 5.52 Å². The molecule has 5 nitrogen and oxygen atoms in total. The Morgan fingerprint density at radius 1 is 1.08 bits per heavy atom. The maximum Gasteiger partial charge on any atom is 0.340 e. The number of hydrogen-bond donors (Lipinski definition) is 0. The molecular formula is C20H16ClNO4. The number of ether oxygens (including phenoxy) is 1. The maximum atomic E-state index is 13.0. The molecule has 0 radical (unpaired) electrons. The molecule has 2 heterocycles. The van der Waals surface area contributed by atoms with Gasteiger partial charge in [-0.05, 0) is 44.2 Å². The SMILES string of the molecule is CCOC(=O)c1cc(C(=O)c2ccccc2Cl)n2ccc(C(C)=O)cc12. The predicted molar refractivity (Wildman–Crippen MR) is 98.2 cm³/mol. The van der Waals surface area contributed by atoms with Crippen molar-refractivity contribution in [1.82, 2.24) is 4.40 Å². The molecule has 0 aliphatic rings. The molecule has 3 rings (SSSR count). The highest BCUT2D eigenvalue weighted by atomic mass is 35.5. The van der Waals surface area contributed by atoms with E-state index < -0.39 is 5.97 Å². The quantitative estimate of drug-likeness (QED) is 0.499. The Labute approximate surface area is 155 Å². The lowest BCUT2D eigenvalue weighted by Crippen LogP contribution is -2.06. The van der Waals surface area contributed by atoms with Crippen LogP contribution in [0.5, 0.6) is 0 Å². The Balaban J connectivity index is 2.23. The first-order valence-corrected chi connectivity index (χ1v) is 8.44. The van der Waals surface area contributed by atoms with Gasteiger partial charge in [0, 0.05) is 17.3 Å². The fourth-order valence-corrected chi connectivity index (χ4v) is 2.97. The van der Waals surface area contributed by atoms with Gasteiger partial charge in [0.25, 0.3) is 0 Å². The number of halogens is 1. The molecule has 0 amide bonds. The Morgan fingerprint density at radius 3 is 2.46 bits per heavy atom. The van der Waals surface area contributed by atoms with E-state index in [2.05, 4.69) is 0 Å². The van der Waals surface area contributed by atoms with Gasteiger partial charge in [0.05, 0.1) is 28.4 Å². The summed E-state index contributed by atoms with van der Waals surface area (Å²) in [4.78, 5) is 37.0. The molecule has 0 bridgehead atoms. The van der Waals surface area contributed by atoms with Gasteiger partial charge in [-0.2, -0.15) is 0 Å². The second-order valence-electron chi connectivity index (χ2n) is 5.70. The first-order valence-electron chi connectivity index (χ1n) is 8.06. The third kappa shape index (κ3) is 3.13. The highest BCUT2D eigenvalue weighted by Crippen LogP contribution is 2.25. The zero-order valence-corrected chi connectivity index (χ0v) is 15.0. The van der Waals surface area contributed by atoms with Gasteiger partial charge in [-0.1, -0.05) is 23.7 Å². The smallest absolute Gasteiger partial charge is 0.340 e. The van der Waals surface area contributed by atoms with E-state index in [-0.39, 0.29) is 29.4 Å². The number of rotatable bonds is 5. The molecule has 3 aromatic rings. The van der Waals surface area contributed by atoms with E-state index in [4.69, 9.17) is 16.3 Å². The summed E-state index contributed by atoms with van der Waals surface area (Å²) >= 11 is 6.14. The molecule has 0 atom stereocenters. The fourth-order valence-electron chi connectivity index (χ4n) is 2.75. The van der Waals surface area contributed by atoms with Crippen LogP contribution in [0, 0.1) is 0 Å². The lowest BCUT2D eigenvalue weighted by molar-refractivity contribution is 0.0528. The Hall–Kier alpha value is -2.92. The van der Waals surface area contributed by atoms with Crippen LogP contribution >= 0.6 is 11.6 Å². The summed E-state index contributed by atoms with van der Waals surface area (Å²) in [5.74, 6) is -1.01. The molecule has 0 saturated carbocycles. The number of benzene rings is 1. The average molecular weight is 370 g/mol. The number of pyridine rings is 1. The fraction of sp³-hybridized carbons (Fsp3) is 0.150. The third-order valence-corrected chi connectivity index (χ3v) is 4.35. The van der Waals surface area contributed by atoms with E-state index in [1.165, 1.54) is 13.0 Å². The van der Waals surface area contributed by atoms with Gasteiger partial charge in [-0.25, -0.2) is 4.79 Å². The molecule has 0 fully saturated rings. The lowest BCUT2D eigenvalue weighted by atomic mass is 10.1. The van der Waals surface area contributed by atoms with Gasteiger partial charge in [0.1, 0.15) is 0 Å². The van der Waals surface area contributed by atoms with E-state index in [1.807, 2.05) is 0 Å². The van der Waals surface area contributed by atoms with Gasteiger partial charge >= 0.3 is 5.97 Å². The normalized spacial score (nSPS) is 10.7. The molecule has 0 unspecified atom stereocenters. The van der Waals surface area contributed by atoms with E-state index in [0.29, 0.717) is 21.7 Å². The molecule has 2 aromatic heterocycles. The van der Waals surface area contributed by atoms with Crippen LogP contribution in [0.3, 0.4) is 0 Å². The summed E-state index contributed by atoms with van der Waals surface area (Å²) in [5, 5.41) is 0.325. The van der Waals surface area contributed by atoms with Crippen molar-refractivity contribution >= 4 is 34.7 Å². The first kappa shape index (κ1) is 17.9. The monoisotopic (exact) mass is 369 g/mol. The molecule has 1 aromatic carbocycles. The molecule has 0 aliphatic heterocycles. The number of fused-ring (bicyclic) bond motifs is 1. The van der Waals surface area contributed by atoms with Gasteiger partial charge in [0.2, 0.25) is 5.78 Å². The topological polar surface area (TPSA) is 64.8 Å². The van der Waals surface area contributed by atoms with E-state index in [0.717, 1.165) is 0 Å². The van der Waals surface area contributed by atoms with Crippen molar-refractivity contribution in [2.24, 2.45) is 0 Å².